The fourth-order valence-corrected chi connectivity index (χ4v) is 21.0. The standard InChI is InChI=1S/C133H153BN4/c1-80-42-59-112-104(62-80)99-40-38-39-41-111(99)135(112)97-54-57-109-115(78-97)137(120-100(81-43-47-86(48-44-81)122(2,3)4)74-95(131(29,30)31)76-102(120)85-65-93(129(23,24)25)70-94(66-85)130(26,27)28)117-67-84(83-63-91(127(17,18)19)69-92(64-83)128(20,21)22)68-118-119(117)134(109)110-58-55-98(136-113-60-52-89(125(11,12)13)72-105(113)106-73-90(126(14,15)16)53-61-114(106)136)79-116(110)138(118)121-101(82-45-49-87(50-46-82)123(5,6)7)75-96(132(32,33)34)77-107(121)103-71-88(124(8,9)10)51-56-108(103)133(35,36)37/h38-79H,1-37H3/i38D,39D,40D,41D,42D,59D,62D. The molecule has 16 aromatic rings. The Kier molecular flexibility index (Phi) is 20.8. The number of aromatic nitrogens is 2. The van der Waals surface area contributed by atoms with Crippen LogP contribution in [0.4, 0.5) is 34.1 Å². The van der Waals surface area contributed by atoms with Crippen LogP contribution in [0.25, 0.3) is 111 Å². The monoisotopic (exact) mass is 1820 g/mol. The number of fused-ring (bicyclic) bond motifs is 10. The first-order valence-corrected chi connectivity index (χ1v) is 50.6. The van der Waals surface area contributed by atoms with Crippen molar-refractivity contribution < 1.29 is 9.60 Å². The van der Waals surface area contributed by atoms with Gasteiger partial charge in [-0.25, -0.2) is 0 Å². The minimum absolute atomic E-state index is 0.0629. The molecule has 2 aromatic heterocycles. The molecule has 0 spiro atoms. The first-order chi connectivity index (χ1) is 66.8. The molecule has 0 amide bonds. The molecule has 0 fully saturated rings. The largest absolute Gasteiger partial charge is 0.310 e. The minimum atomic E-state index is -0.596. The third-order valence-electron chi connectivity index (χ3n) is 29.8. The predicted octanol–water partition coefficient (Wildman–Crippen LogP) is 36.2. The molecule has 14 aromatic carbocycles. The van der Waals surface area contributed by atoms with Gasteiger partial charge in [-0.05, 0) is 291 Å². The molecule has 0 atom stereocenters. The number of hydrogen-bond donors (Lipinski definition) is 0. The van der Waals surface area contributed by atoms with E-state index < -0.39 is 24.2 Å². The van der Waals surface area contributed by atoms with E-state index >= 15 is 0 Å². The van der Waals surface area contributed by atoms with Gasteiger partial charge in [0.05, 0.1) is 43.0 Å². The van der Waals surface area contributed by atoms with Crippen LogP contribution in [0.15, 0.2) is 255 Å². The highest BCUT2D eigenvalue weighted by atomic mass is 15.2. The summed E-state index contributed by atoms with van der Waals surface area (Å²) in [5.41, 5.74) is 34.6. The summed E-state index contributed by atoms with van der Waals surface area (Å²) in [6.07, 6.45) is 0. The van der Waals surface area contributed by atoms with E-state index in [-0.39, 0.29) is 117 Å². The Labute approximate surface area is 839 Å². The molecule has 0 saturated carbocycles. The molecule has 18 rings (SSSR count). The van der Waals surface area contributed by atoms with Crippen LogP contribution >= 0.6 is 0 Å². The van der Waals surface area contributed by atoms with Crippen molar-refractivity contribution in [3.05, 3.63) is 327 Å². The zero-order chi connectivity index (χ0) is 106. The van der Waals surface area contributed by atoms with Crippen molar-refractivity contribution in [2.24, 2.45) is 0 Å². The summed E-state index contributed by atoms with van der Waals surface area (Å²) in [5.74, 6) is 0. The van der Waals surface area contributed by atoms with Gasteiger partial charge in [-0.2, -0.15) is 0 Å². The highest BCUT2D eigenvalue weighted by Crippen LogP contribution is 2.59. The highest BCUT2D eigenvalue weighted by Gasteiger charge is 2.48. The van der Waals surface area contributed by atoms with Crippen molar-refractivity contribution >= 4 is 101 Å². The zero-order valence-electron chi connectivity index (χ0n) is 97.1. The Bertz CT molecular complexity index is 7830. The lowest BCUT2D eigenvalue weighted by molar-refractivity contribution is 0.568. The van der Waals surface area contributed by atoms with E-state index in [0.29, 0.717) is 5.69 Å². The summed E-state index contributed by atoms with van der Waals surface area (Å²) >= 11 is 0. The smallest absolute Gasteiger partial charge is 0.252 e. The SMILES string of the molecule is [2H]c1c([2H])c([2H])c2c(c1[2H])c1c([2H])c(C)c([2H])c([2H])c1n2-c1ccc2c(c1)N(c1c(-c3ccc(C(C)(C)C)cc3)cc(C(C)(C)C)cc1-c1cc(C(C)(C)C)cc(C(C)(C)C)c1)c1cc(-c3cc(C(C)(C)C)cc(C(C)(C)C)c3)cc3c1B2c1ccc(-n2c4ccc(C(C)(C)C)cc4c4cc(C(C)(C)C)ccc42)cc1N3c1c(-c2ccc(C(C)(C)C)cc2)cc(C(C)(C)C)cc1-c1cc(C(C)(C)C)ccc1C(C)(C)C. The molecule has 2 aliphatic rings. The summed E-state index contributed by atoms with van der Waals surface area (Å²) in [5, 5.41) is 2.69. The van der Waals surface area contributed by atoms with Gasteiger partial charge in [0, 0.05) is 77.9 Å². The lowest BCUT2D eigenvalue weighted by Crippen LogP contribution is -2.61. The van der Waals surface area contributed by atoms with E-state index in [1.165, 1.54) is 72.0 Å². The molecule has 4 nitrogen and oxygen atoms in total. The van der Waals surface area contributed by atoms with Gasteiger partial charge in [-0.3, -0.25) is 0 Å². The maximum absolute atomic E-state index is 10.4. The summed E-state index contributed by atoms with van der Waals surface area (Å²) in [4.78, 5) is 5.39. The molecular weight excluding hydrogens is 1660 g/mol. The Morgan fingerprint density at radius 3 is 0.957 bits per heavy atom. The number of hydrogen-bond acceptors (Lipinski definition) is 2. The molecule has 0 aliphatic carbocycles. The number of para-hydroxylation sites is 1. The Balaban J connectivity index is 1.15. The van der Waals surface area contributed by atoms with Crippen molar-refractivity contribution in [3.8, 4) is 67.0 Å². The van der Waals surface area contributed by atoms with Crippen molar-refractivity contribution in [1.82, 2.24) is 9.13 Å². The molecule has 4 heterocycles. The van der Waals surface area contributed by atoms with Crippen LogP contribution in [0.5, 0.6) is 0 Å². The first-order valence-electron chi connectivity index (χ1n) is 54.1. The van der Waals surface area contributed by atoms with Gasteiger partial charge in [0.25, 0.3) is 6.71 Å². The van der Waals surface area contributed by atoms with Gasteiger partial charge in [0.2, 0.25) is 0 Å². The minimum Gasteiger partial charge on any atom is -0.310 e. The molecular formula is C133H153BN4. The van der Waals surface area contributed by atoms with Crippen LogP contribution in [-0.2, 0) is 65.0 Å². The van der Waals surface area contributed by atoms with Gasteiger partial charge in [0.15, 0.2) is 0 Å². The van der Waals surface area contributed by atoms with Crippen LogP contribution in [0.1, 0.15) is 331 Å². The lowest BCUT2D eigenvalue weighted by Gasteiger charge is -2.46. The normalized spacial score (nSPS) is 14.6. The topological polar surface area (TPSA) is 16.3 Å². The fourth-order valence-electron chi connectivity index (χ4n) is 21.0. The van der Waals surface area contributed by atoms with E-state index in [2.05, 4.69) is 476 Å². The second-order valence-electron chi connectivity index (χ2n) is 53.0. The molecule has 0 radical (unpaired) electrons. The number of nitrogens with zero attached hydrogens (tertiary/aromatic N) is 4. The summed E-state index contributed by atoms with van der Waals surface area (Å²) < 4.78 is 74.4. The van der Waals surface area contributed by atoms with E-state index in [9.17, 15) is 9.60 Å². The second kappa shape index (κ2) is 32.7. The molecule has 0 N–H and O–H groups in total. The Morgan fingerprint density at radius 2 is 0.551 bits per heavy atom. The van der Waals surface area contributed by atoms with Gasteiger partial charge in [-0.1, -0.05) is 406 Å². The molecule has 5 heteroatoms. The van der Waals surface area contributed by atoms with Crippen molar-refractivity contribution in [2.45, 2.75) is 321 Å². The van der Waals surface area contributed by atoms with Crippen LogP contribution in [-0.4, -0.2) is 15.8 Å². The Morgan fingerprint density at radius 1 is 0.225 bits per heavy atom. The van der Waals surface area contributed by atoms with E-state index in [1.807, 2.05) is 4.57 Å². The van der Waals surface area contributed by atoms with Crippen LogP contribution in [0.2, 0.25) is 0 Å². The summed E-state index contributed by atoms with van der Waals surface area (Å²) in [7, 11) is 0. The second-order valence-corrected chi connectivity index (χ2v) is 53.0. The van der Waals surface area contributed by atoms with E-state index in [1.54, 1.807) is 6.92 Å². The third-order valence-corrected chi connectivity index (χ3v) is 29.8. The van der Waals surface area contributed by atoms with Gasteiger partial charge >= 0.3 is 0 Å². The van der Waals surface area contributed by atoms with Crippen molar-refractivity contribution in [2.75, 3.05) is 9.80 Å². The maximum atomic E-state index is 10.4. The number of anilines is 6. The van der Waals surface area contributed by atoms with E-state index in [4.69, 9.17) is 0 Å². The summed E-state index contributed by atoms with van der Waals surface area (Å²) in [6.45, 7) is 85.2. The molecule has 2 aliphatic heterocycles. The zero-order valence-corrected chi connectivity index (χ0v) is 90.1. The summed E-state index contributed by atoms with van der Waals surface area (Å²) in [6, 6.07) is 82.7. The average molecular weight is 1830 g/mol. The lowest BCUT2D eigenvalue weighted by atomic mass is 9.33. The Hall–Kier alpha value is -11.7. The molecule has 0 unspecified atom stereocenters. The van der Waals surface area contributed by atoms with Crippen LogP contribution < -0.4 is 26.2 Å². The molecule has 138 heavy (non-hydrogen) atoms. The number of benzene rings is 14. The van der Waals surface area contributed by atoms with Gasteiger partial charge in [-0.15, -0.1) is 0 Å². The van der Waals surface area contributed by atoms with Gasteiger partial charge < -0.3 is 18.9 Å². The quantitative estimate of drug-likeness (QED) is 0.134. The van der Waals surface area contributed by atoms with Crippen molar-refractivity contribution in [3.63, 3.8) is 0 Å². The van der Waals surface area contributed by atoms with E-state index in [0.717, 1.165) is 128 Å². The maximum Gasteiger partial charge on any atom is 0.252 e. The number of rotatable bonds is 9. The van der Waals surface area contributed by atoms with Crippen LogP contribution in [0, 0.1) is 6.92 Å². The third kappa shape index (κ3) is 17.4. The van der Waals surface area contributed by atoms with Gasteiger partial charge in [0.1, 0.15) is 0 Å². The molecule has 0 saturated heterocycles. The van der Waals surface area contributed by atoms with Crippen molar-refractivity contribution in [1.29, 1.82) is 0 Å². The predicted molar refractivity (Wildman–Crippen MR) is 605 cm³/mol. The highest BCUT2D eigenvalue weighted by molar-refractivity contribution is 7.00. The average Bonchev–Trinajstić information content (AvgIpc) is 1.33. The molecule has 708 valence electrons. The van der Waals surface area contributed by atoms with Crippen LogP contribution in [0.3, 0.4) is 0 Å². The molecule has 0 bridgehead atoms. The fraction of sp³-hybridized carbons (Fsp3) is 0.368. The first kappa shape index (κ1) is 87.8.